The Balaban J connectivity index is 1.69. The van der Waals surface area contributed by atoms with Gasteiger partial charge in [-0.1, -0.05) is 6.58 Å². The molecule has 0 aromatic rings. The van der Waals surface area contributed by atoms with Crippen molar-refractivity contribution in [3.8, 4) is 0 Å². The standard InChI is InChI=1S/C21H32O6/c1-6-24-15(5)25-19(23)14(4)26-20-8-16-7-17(9-20)11-21(10-16,12-20)27-18(22)13(2)3/h14-17H,2,6-12H2,1,3-5H3. The summed E-state index contributed by atoms with van der Waals surface area (Å²) in [6.45, 7) is 11.1. The highest BCUT2D eigenvalue weighted by molar-refractivity contribution is 5.87. The molecular formula is C21H32O6. The van der Waals surface area contributed by atoms with E-state index in [9.17, 15) is 9.59 Å². The van der Waals surface area contributed by atoms with Crippen molar-refractivity contribution in [1.29, 1.82) is 0 Å². The quantitative estimate of drug-likeness (QED) is 0.364. The summed E-state index contributed by atoms with van der Waals surface area (Å²) >= 11 is 0. The second-order valence-electron chi connectivity index (χ2n) is 8.72. The molecular weight excluding hydrogens is 348 g/mol. The minimum Gasteiger partial charge on any atom is -0.456 e. The molecule has 4 bridgehead atoms. The fraction of sp³-hybridized carbons (Fsp3) is 0.810. The lowest BCUT2D eigenvalue weighted by molar-refractivity contribution is -0.248. The first kappa shape index (κ1) is 20.3. The van der Waals surface area contributed by atoms with Crippen molar-refractivity contribution in [2.45, 2.75) is 89.8 Å². The first-order valence-electron chi connectivity index (χ1n) is 10.0. The zero-order valence-electron chi connectivity index (χ0n) is 16.9. The molecule has 0 aliphatic heterocycles. The lowest BCUT2D eigenvalue weighted by Crippen LogP contribution is -2.62. The Morgan fingerprint density at radius 2 is 1.70 bits per heavy atom. The number of esters is 2. The van der Waals surface area contributed by atoms with Gasteiger partial charge in [-0.05, 0) is 71.6 Å². The molecule has 0 saturated heterocycles. The van der Waals surface area contributed by atoms with Crippen molar-refractivity contribution in [3.63, 3.8) is 0 Å². The van der Waals surface area contributed by atoms with Gasteiger partial charge >= 0.3 is 11.9 Å². The van der Waals surface area contributed by atoms with Crippen LogP contribution in [0.1, 0.15) is 66.2 Å². The van der Waals surface area contributed by atoms with E-state index in [1.807, 2.05) is 6.92 Å². The van der Waals surface area contributed by atoms with Crippen LogP contribution in [-0.2, 0) is 28.5 Å². The van der Waals surface area contributed by atoms with Gasteiger partial charge < -0.3 is 18.9 Å². The number of rotatable bonds is 8. The molecule has 6 nitrogen and oxygen atoms in total. The summed E-state index contributed by atoms with van der Waals surface area (Å²) in [5, 5.41) is 0. The average molecular weight is 380 g/mol. The lowest BCUT2D eigenvalue weighted by atomic mass is 9.52. The smallest absolute Gasteiger partial charge is 0.337 e. The van der Waals surface area contributed by atoms with Crippen molar-refractivity contribution in [3.05, 3.63) is 12.2 Å². The maximum atomic E-state index is 12.4. The monoisotopic (exact) mass is 380 g/mol. The molecule has 4 rings (SSSR count). The predicted molar refractivity (Wildman–Crippen MR) is 98.8 cm³/mol. The van der Waals surface area contributed by atoms with Crippen LogP contribution < -0.4 is 0 Å². The van der Waals surface area contributed by atoms with Gasteiger partial charge in [0.25, 0.3) is 0 Å². The molecule has 27 heavy (non-hydrogen) atoms. The molecule has 0 heterocycles. The summed E-state index contributed by atoms with van der Waals surface area (Å²) in [5.41, 5.74) is -0.489. The Morgan fingerprint density at radius 1 is 1.11 bits per heavy atom. The largest absolute Gasteiger partial charge is 0.456 e. The van der Waals surface area contributed by atoms with E-state index in [2.05, 4.69) is 6.58 Å². The first-order chi connectivity index (χ1) is 12.7. The zero-order chi connectivity index (χ0) is 19.8. The molecule has 0 N–H and O–H groups in total. The number of hydrogen-bond acceptors (Lipinski definition) is 6. The number of carbonyl (C=O) groups excluding carboxylic acids is 2. The van der Waals surface area contributed by atoms with E-state index in [-0.39, 0.29) is 5.97 Å². The summed E-state index contributed by atoms with van der Waals surface area (Å²) in [5.74, 6) is 0.189. The number of carbonyl (C=O) groups is 2. The Hall–Kier alpha value is -1.40. The summed E-state index contributed by atoms with van der Waals surface area (Å²) in [6, 6.07) is 0. The van der Waals surface area contributed by atoms with Gasteiger partial charge in [0.05, 0.1) is 5.60 Å². The molecule has 4 fully saturated rings. The fourth-order valence-electron chi connectivity index (χ4n) is 5.59. The summed E-state index contributed by atoms with van der Waals surface area (Å²) in [7, 11) is 0. The molecule has 0 spiro atoms. The van der Waals surface area contributed by atoms with E-state index in [1.54, 1.807) is 20.8 Å². The van der Waals surface area contributed by atoms with E-state index >= 15 is 0 Å². The Bertz CT molecular complexity index is 598. The van der Waals surface area contributed by atoms with Crippen molar-refractivity contribution < 1.29 is 28.5 Å². The van der Waals surface area contributed by atoms with Crippen molar-refractivity contribution in [2.24, 2.45) is 11.8 Å². The summed E-state index contributed by atoms with van der Waals surface area (Å²) in [6.07, 6.45) is 4.11. The third-order valence-corrected chi connectivity index (χ3v) is 6.05. The molecule has 0 aromatic carbocycles. The van der Waals surface area contributed by atoms with Crippen LogP contribution in [0.5, 0.6) is 0 Å². The van der Waals surface area contributed by atoms with E-state index in [4.69, 9.17) is 18.9 Å². The second kappa shape index (κ2) is 7.55. The van der Waals surface area contributed by atoms with Crippen molar-refractivity contribution in [1.82, 2.24) is 0 Å². The van der Waals surface area contributed by atoms with Crippen LogP contribution in [0.3, 0.4) is 0 Å². The van der Waals surface area contributed by atoms with Crippen molar-refractivity contribution >= 4 is 11.9 Å². The third-order valence-electron chi connectivity index (χ3n) is 6.05. The molecule has 4 saturated carbocycles. The van der Waals surface area contributed by atoms with Gasteiger partial charge in [-0.3, -0.25) is 0 Å². The maximum Gasteiger partial charge on any atom is 0.337 e. The fourth-order valence-corrected chi connectivity index (χ4v) is 5.59. The highest BCUT2D eigenvalue weighted by Gasteiger charge is 2.61. The van der Waals surface area contributed by atoms with E-state index in [0.717, 1.165) is 32.1 Å². The van der Waals surface area contributed by atoms with Gasteiger partial charge in [0.1, 0.15) is 5.60 Å². The predicted octanol–water partition coefficient (Wildman–Crippen LogP) is 3.53. The van der Waals surface area contributed by atoms with E-state index < -0.39 is 29.6 Å². The normalized spacial score (nSPS) is 36.1. The minimum absolute atomic E-state index is 0.329. The summed E-state index contributed by atoms with van der Waals surface area (Å²) in [4.78, 5) is 24.6. The Labute approximate surface area is 161 Å². The molecule has 0 amide bonds. The van der Waals surface area contributed by atoms with Crippen LogP contribution in [0, 0.1) is 11.8 Å². The van der Waals surface area contributed by atoms with Gasteiger partial charge in [0.15, 0.2) is 12.4 Å². The molecule has 6 heteroatoms. The highest BCUT2D eigenvalue weighted by atomic mass is 16.7. The molecule has 4 unspecified atom stereocenters. The molecule has 0 radical (unpaired) electrons. The third kappa shape index (κ3) is 4.37. The van der Waals surface area contributed by atoms with Gasteiger partial charge in [-0.2, -0.15) is 0 Å². The maximum absolute atomic E-state index is 12.4. The van der Waals surface area contributed by atoms with Gasteiger partial charge in [0.2, 0.25) is 0 Å². The lowest BCUT2D eigenvalue weighted by Gasteiger charge is -2.61. The van der Waals surface area contributed by atoms with Crippen LogP contribution >= 0.6 is 0 Å². The van der Waals surface area contributed by atoms with Gasteiger partial charge in [-0.25, -0.2) is 9.59 Å². The molecule has 0 aromatic heterocycles. The molecule has 4 aliphatic rings. The van der Waals surface area contributed by atoms with Crippen LogP contribution in [-0.4, -0.2) is 42.1 Å². The SMILES string of the molecule is C=C(C)C(=O)OC12CC3CC(C1)CC(OC(C)C(=O)OC(C)OCC)(C3)C2. The average Bonchev–Trinajstić information content (AvgIpc) is 2.52. The first-order valence-corrected chi connectivity index (χ1v) is 10.0. The Kier molecular flexibility index (Phi) is 5.69. The van der Waals surface area contributed by atoms with Gasteiger partial charge in [0, 0.05) is 18.6 Å². The van der Waals surface area contributed by atoms with Crippen LogP contribution in [0.15, 0.2) is 12.2 Å². The highest BCUT2D eigenvalue weighted by Crippen LogP contribution is 2.60. The van der Waals surface area contributed by atoms with Crippen LogP contribution in [0.4, 0.5) is 0 Å². The molecule has 152 valence electrons. The number of ether oxygens (including phenoxy) is 4. The summed E-state index contributed by atoms with van der Waals surface area (Å²) < 4.78 is 22.8. The Morgan fingerprint density at radius 3 is 2.26 bits per heavy atom. The number of hydrogen-bond donors (Lipinski definition) is 0. The van der Waals surface area contributed by atoms with Gasteiger partial charge in [-0.15, -0.1) is 0 Å². The van der Waals surface area contributed by atoms with Crippen LogP contribution in [0.2, 0.25) is 0 Å². The van der Waals surface area contributed by atoms with E-state index in [1.165, 1.54) is 0 Å². The topological polar surface area (TPSA) is 71.1 Å². The van der Waals surface area contributed by atoms with Crippen molar-refractivity contribution in [2.75, 3.05) is 6.61 Å². The van der Waals surface area contributed by atoms with E-state index in [0.29, 0.717) is 30.4 Å². The van der Waals surface area contributed by atoms with Crippen LogP contribution in [0.25, 0.3) is 0 Å². The zero-order valence-corrected chi connectivity index (χ0v) is 16.9. The molecule has 4 aliphatic carbocycles. The second-order valence-corrected chi connectivity index (χ2v) is 8.72. The molecule has 4 atom stereocenters. The minimum atomic E-state index is -0.682.